The van der Waals surface area contributed by atoms with E-state index in [0.717, 1.165) is 0 Å². The molecule has 0 spiro atoms. The van der Waals surface area contributed by atoms with Crippen LogP contribution in [0.25, 0.3) is 0 Å². The number of hydrogen-bond acceptors (Lipinski definition) is 5. The van der Waals surface area contributed by atoms with Gasteiger partial charge in [-0.25, -0.2) is 0 Å². The Kier molecular flexibility index (Phi) is 7.65. The van der Waals surface area contributed by atoms with E-state index < -0.39 is 17.7 Å². The predicted molar refractivity (Wildman–Crippen MR) is 71.3 cm³/mol. The number of esters is 1. The van der Waals surface area contributed by atoms with Crippen LogP contribution >= 0.6 is 0 Å². The molecular weight excluding hydrogens is 246 g/mol. The Hall–Kier alpha value is -1.12. The molecule has 5 nitrogen and oxygen atoms in total. The summed E-state index contributed by atoms with van der Waals surface area (Å²) >= 11 is 0. The molecule has 0 aliphatic carbocycles. The first-order valence-corrected chi connectivity index (χ1v) is 6.56. The molecule has 0 fully saturated rings. The van der Waals surface area contributed by atoms with Gasteiger partial charge in [-0.05, 0) is 34.6 Å². The first-order chi connectivity index (χ1) is 8.64. The number of aliphatic hydroxyl groups is 1. The SMILES string of the molecule is CC(C)OC(CC#N)CC(O)CC(=O)OC(C)(C)C. The van der Waals surface area contributed by atoms with Crippen molar-refractivity contribution < 1.29 is 19.4 Å². The standard InChI is InChI=1S/C14H25NO4/c1-10(2)18-12(6-7-15)8-11(16)9-13(17)19-14(3,4)5/h10-12,16H,6,8-9H2,1-5H3. The van der Waals surface area contributed by atoms with Gasteiger partial charge < -0.3 is 14.6 Å². The van der Waals surface area contributed by atoms with Gasteiger partial charge in [-0.3, -0.25) is 4.79 Å². The second kappa shape index (κ2) is 8.13. The lowest BCUT2D eigenvalue weighted by Crippen LogP contribution is -2.29. The van der Waals surface area contributed by atoms with E-state index in [0.29, 0.717) is 0 Å². The fraction of sp³-hybridized carbons (Fsp3) is 0.857. The van der Waals surface area contributed by atoms with Crippen LogP contribution in [0.4, 0.5) is 0 Å². The zero-order chi connectivity index (χ0) is 15.1. The van der Waals surface area contributed by atoms with Gasteiger partial charge in [-0.2, -0.15) is 5.26 Å². The Morgan fingerprint density at radius 1 is 1.37 bits per heavy atom. The van der Waals surface area contributed by atoms with Gasteiger partial charge in [0.15, 0.2) is 0 Å². The lowest BCUT2D eigenvalue weighted by atomic mass is 10.1. The molecule has 0 saturated heterocycles. The predicted octanol–water partition coefficient (Wildman–Crippen LogP) is 2.18. The van der Waals surface area contributed by atoms with Crippen LogP contribution in [-0.4, -0.2) is 35.0 Å². The first-order valence-electron chi connectivity index (χ1n) is 6.56. The summed E-state index contributed by atoms with van der Waals surface area (Å²) in [6.45, 7) is 9.06. The van der Waals surface area contributed by atoms with E-state index >= 15 is 0 Å². The number of nitriles is 1. The quantitative estimate of drug-likeness (QED) is 0.718. The van der Waals surface area contributed by atoms with E-state index in [-0.39, 0.29) is 31.5 Å². The summed E-state index contributed by atoms with van der Waals surface area (Å²) < 4.78 is 10.6. The molecule has 0 radical (unpaired) electrons. The first kappa shape index (κ1) is 17.9. The minimum absolute atomic E-state index is 0.0212. The molecule has 0 amide bonds. The molecule has 0 aliphatic heterocycles. The van der Waals surface area contributed by atoms with E-state index in [4.69, 9.17) is 14.7 Å². The summed E-state index contributed by atoms with van der Waals surface area (Å²) in [7, 11) is 0. The van der Waals surface area contributed by atoms with Crippen molar-refractivity contribution in [1.29, 1.82) is 5.26 Å². The van der Waals surface area contributed by atoms with Crippen molar-refractivity contribution in [2.75, 3.05) is 0 Å². The maximum Gasteiger partial charge on any atom is 0.308 e. The molecule has 0 bridgehead atoms. The Morgan fingerprint density at radius 2 is 1.95 bits per heavy atom. The van der Waals surface area contributed by atoms with E-state index in [1.807, 2.05) is 19.9 Å². The summed E-state index contributed by atoms with van der Waals surface area (Å²) in [5, 5.41) is 18.5. The molecule has 110 valence electrons. The highest BCUT2D eigenvalue weighted by atomic mass is 16.6. The Balaban J connectivity index is 4.22. The average Bonchev–Trinajstić information content (AvgIpc) is 2.12. The maximum absolute atomic E-state index is 11.5. The summed E-state index contributed by atoms with van der Waals surface area (Å²) in [5.41, 5.74) is -0.558. The monoisotopic (exact) mass is 271 g/mol. The third kappa shape index (κ3) is 10.5. The number of carbonyl (C=O) groups excluding carboxylic acids is 1. The molecule has 1 N–H and O–H groups in total. The normalized spacial score (nSPS) is 14.8. The number of hydrogen-bond donors (Lipinski definition) is 1. The van der Waals surface area contributed by atoms with Crippen molar-refractivity contribution in [2.45, 2.75) is 77.8 Å². The fourth-order valence-corrected chi connectivity index (χ4v) is 1.64. The molecule has 0 aliphatic rings. The highest BCUT2D eigenvalue weighted by Gasteiger charge is 2.22. The van der Waals surface area contributed by atoms with Crippen molar-refractivity contribution in [3.63, 3.8) is 0 Å². The molecule has 0 aromatic rings. The number of ether oxygens (including phenoxy) is 2. The van der Waals surface area contributed by atoms with Gasteiger partial charge >= 0.3 is 5.97 Å². The lowest BCUT2D eigenvalue weighted by molar-refractivity contribution is -0.157. The van der Waals surface area contributed by atoms with Gasteiger partial charge in [0.2, 0.25) is 0 Å². The van der Waals surface area contributed by atoms with Crippen LogP contribution < -0.4 is 0 Å². The van der Waals surface area contributed by atoms with E-state index in [9.17, 15) is 9.90 Å². The van der Waals surface area contributed by atoms with Gasteiger partial charge in [0.25, 0.3) is 0 Å². The highest BCUT2D eigenvalue weighted by molar-refractivity contribution is 5.70. The number of nitrogens with zero attached hydrogens (tertiary/aromatic N) is 1. The largest absolute Gasteiger partial charge is 0.460 e. The van der Waals surface area contributed by atoms with Gasteiger partial charge in [-0.15, -0.1) is 0 Å². The van der Waals surface area contributed by atoms with Crippen LogP contribution in [0.15, 0.2) is 0 Å². The van der Waals surface area contributed by atoms with Crippen molar-refractivity contribution >= 4 is 5.97 Å². The minimum atomic E-state index is -0.855. The number of aliphatic hydroxyl groups excluding tert-OH is 1. The van der Waals surface area contributed by atoms with Gasteiger partial charge in [0.05, 0.1) is 37.2 Å². The third-order valence-electron chi connectivity index (χ3n) is 2.14. The van der Waals surface area contributed by atoms with Gasteiger partial charge in [-0.1, -0.05) is 0 Å². The molecule has 0 rings (SSSR count). The summed E-state index contributed by atoms with van der Waals surface area (Å²) in [6, 6.07) is 2.02. The van der Waals surface area contributed by atoms with Crippen LogP contribution in [-0.2, 0) is 14.3 Å². The summed E-state index contributed by atoms with van der Waals surface area (Å²) in [6.07, 6.45) is -0.865. The van der Waals surface area contributed by atoms with Crippen LogP contribution in [0.5, 0.6) is 0 Å². The van der Waals surface area contributed by atoms with E-state index in [1.165, 1.54) is 0 Å². The maximum atomic E-state index is 11.5. The van der Waals surface area contributed by atoms with Crippen LogP contribution in [0.3, 0.4) is 0 Å². The van der Waals surface area contributed by atoms with Crippen LogP contribution in [0.1, 0.15) is 53.9 Å². The van der Waals surface area contributed by atoms with Crippen LogP contribution in [0, 0.1) is 11.3 Å². The van der Waals surface area contributed by atoms with Crippen molar-refractivity contribution in [3.05, 3.63) is 0 Å². The second-order valence-electron chi connectivity index (χ2n) is 5.85. The third-order valence-corrected chi connectivity index (χ3v) is 2.14. The molecule has 2 atom stereocenters. The molecule has 0 aromatic carbocycles. The van der Waals surface area contributed by atoms with Crippen LogP contribution in [0.2, 0.25) is 0 Å². The number of rotatable bonds is 7. The van der Waals surface area contributed by atoms with Gasteiger partial charge in [0.1, 0.15) is 5.60 Å². The fourth-order valence-electron chi connectivity index (χ4n) is 1.64. The smallest absolute Gasteiger partial charge is 0.308 e. The molecule has 19 heavy (non-hydrogen) atoms. The zero-order valence-electron chi connectivity index (χ0n) is 12.5. The molecular formula is C14H25NO4. The minimum Gasteiger partial charge on any atom is -0.460 e. The molecule has 0 heterocycles. The van der Waals surface area contributed by atoms with E-state index in [1.54, 1.807) is 20.8 Å². The van der Waals surface area contributed by atoms with Gasteiger partial charge in [0, 0.05) is 6.42 Å². The van der Waals surface area contributed by atoms with Crippen molar-refractivity contribution in [3.8, 4) is 6.07 Å². The molecule has 0 aromatic heterocycles. The number of carbonyl (C=O) groups is 1. The van der Waals surface area contributed by atoms with Crippen molar-refractivity contribution in [2.24, 2.45) is 0 Å². The Morgan fingerprint density at radius 3 is 2.37 bits per heavy atom. The Bertz CT molecular complexity index is 314. The van der Waals surface area contributed by atoms with E-state index in [2.05, 4.69) is 0 Å². The van der Waals surface area contributed by atoms with Crippen molar-refractivity contribution in [1.82, 2.24) is 0 Å². The zero-order valence-corrected chi connectivity index (χ0v) is 12.5. The second-order valence-corrected chi connectivity index (χ2v) is 5.85. The molecule has 2 unspecified atom stereocenters. The average molecular weight is 271 g/mol. The lowest BCUT2D eigenvalue weighted by Gasteiger charge is -2.23. The topological polar surface area (TPSA) is 79.5 Å². The Labute approximate surface area is 115 Å². The summed E-state index contributed by atoms with van der Waals surface area (Å²) in [4.78, 5) is 11.5. The summed E-state index contributed by atoms with van der Waals surface area (Å²) in [5.74, 6) is -0.444. The molecule has 5 heteroatoms. The highest BCUT2D eigenvalue weighted by Crippen LogP contribution is 2.14. The molecule has 0 saturated carbocycles.